The quantitative estimate of drug-likeness (QED) is 0.433. The van der Waals surface area contributed by atoms with Gasteiger partial charge in [-0.2, -0.15) is 0 Å². The number of fused-ring (bicyclic) bond motifs is 1. The number of ether oxygens (including phenoxy) is 1. The van der Waals surface area contributed by atoms with Crippen LogP contribution in [0.25, 0.3) is 22.2 Å². The van der Waals surface area contributed by atoms with E-state index in [1.165, 1.54) is 13.0 Å². The average molecular weight is 474 g/mol. The molecule has 4 rings (SSSR count). The molecule has 10 heteroatoms. The molecule has 1 amide bonds. The fourth-order valence-corrected chi connectivity index (χ4v) is 4.13. The SMILES string of the molecule is CCS(=O)(=O)NC(=O)c1cccc(Cn2c(-c3ccoc3)cc3cc(OC)c(Cl)cc32)n1. The lowest BCUT2D eigenvalue weighted by molar-refractivity contribution is 0.0976. The van der Waals surface area contributed by atoms with Gasteiger partial charge in [0.15, 0.2) is 0 Å². The molecule has 4 aromatic rings. The first kappa shape index (κ1) is 21.9. The molecule has 3 heterocycles. The molecule has 0 atom stereocenters. The molecule has 1 N–H and O–H groups in total. The minimum Gasteiger partial charge on any atom is -0.495 e. The van der Waals surface area contributed by atoms with Crippen LogP contribution in [0.4, 0.5) is 0 Å². The Balaban J connectivity index is 1.77. The van der Waals surface area contributed by atoms with Gasteiger partial charge in [-0.3, -0.25) is 4.79 Å². The molecule has 0 saturated heterocycles. The van der Waals surface area contributed by atoms with Crippen LogP contribution in [0.5, 0.6) is 5.75 Å². The molecule has 8 nitrogen and oxygen atoms in total. The highest BCUT2D eigenvalue weighted by Crippen LogP contribution is 2.35. The van der Waals surface area contributed by atoms with E-state index < -0.39 is 15.9 Å². The molecule has 0 fully saturated rings. The molecule has 0 aliphatic rings. The zero-order valence-electron chi connectivity index (χ0n) is 17.3. The number of carbonyl (C=O) groups excluding carboxylic acids is 1. The predicted molar refractivity (Wildman–Crippen MR) is 121 cm³/mol. The van der Waals surface area contributed by atoms with Crippen molar-refractivity contribution < 1.29 is 22.4 Å². The normalized spacial score (nSPS) is 11.6. The van der Waals surface area contributed by atoms with Gasteiger partial charge >= 0.3 is 0 Å². The Hall–Kier alpha value is -3.30. The second-order valence-corrected chi connectivity index (χ2v) is 9.44. The minimum absolute atomic E-state index is 0.0144. The Labute approximate surface area is 189 Å². The maximum atomic E-state index is 12.4. The van der Waals surface area contributed by atoms with Crippen LogP contribution in [-0.2, 0) is 16.6 Å². The monoisotopic (exact) mass is 473 g/mol. The zero-order chi connectivity index (χ0) is 22.9. The molecule has 0 spiro atoms. The molecule has 0 unspecified atom stereocenters. The molecule has 0 saturated carbocycles. The molecular weight excluding hydrogens is 454 g/mol. The third kappa shape index (κ3) is 4.35. The number of methoxy groups -OCH3 is 1. The number of rotatable bonds is 7. The number of benzene rings is 1. The average Bonchev–Trinajstić information content (AvgIpc) is 3.41. The van der Waals surface area contributed by atoms with Crippen molar-refractivity contribution in [3.63, 3.8) is 0 Å². The zero-order valence-corrected chi connectivity index (χ0v) is 18.9. The van der Waals surface area contributed by atoms with Gasteiger partial charge in [-0.05, 0) is 43.3 Å². The third-order valence-corrected chi connectivity index (χ3v) is 6.53. The van der Waals surface area contributed by atoms with Crippen LogP contribution in [0.3, 0.4) is 0 Å². The van der Waals surface area contributed by atoms with Crippen LogP contribution in [-0.4, -0.2) is 36.7 Å². The van der Waals surface area contributed by atoms with Gasteiger partial charge in [0.25, 0.3) is 5.91 Å². The fourth-order valence-electron chi connectivity index (χ4n) is 3.36. The number of furan rings is 1. The Kier molecular flexibility index (Phi) is 5.94. The summed E-state index contributed by atoms with van der Waals surface area (Å²) in [5.41, 5.74) is 3.15. The number of aromatic nitrogens is 2. The summed E-state index contributed by atoms with van der Waals surface area (Å²) in [6, 6.07) is 12.4. The summed E-state index contributed by atoms with van der Waals surface area (Å²) in [5, 5.41) is 1.37. The van der Waals surface area contributed by atoms with Crippen molar-refractivity contribution in [1.29, 1.82) is 0 Å². The Morgan fingerprint density at radius 3 is 2.75 bits per heavy atom. The van der Waals surface area contributed by atoms with E-state index in [-0.39, 0.29) is 11.4 Å². The van der Waals surface area contributed by atoms with E-state index in [2.05, 4.69) is 4.98 Å². The summed E-state index contributed by atoms with van der Waals surface area (Å²) in [6.07, 6.45) is 3.22. The number of hydrogen-bond acceptors (Lipinski definition) is 6. The maximum Gasteiger partial charge on any atom is 0.283 e. The minimum atomic E-state index is -3.69. The van der Waals surface area contributed by atoms with E-state index >= 15 is 0 Å². The van der Waals surface area contributed by atoms with E-state index in [1.54, 1.807) is 31.8 Å². The molecule has 1 aromatic carbocycles. The van der Waals surface area contributed by atoms with Crippen molar-refractivity contribution in [2.75, 3.05) is 12.9 Å². The lowest BCUT2D eigenvalue weighted by Crippen LogP contribution is -2.32. The van der Waals surface area contributed by atoms with Crippen LogP contribution >= 0.6 is 11.6 Å². The Morgan fingerprint density at radius 2 is 2.06 bits per heavy atom. The molecule has 0 aliphatic heterocycles. The summed E-state index contributed by atoms with van der Waals surface area (Å²) < 4.78 is 38.1. The third-order valence-electron chi connectivity index (χ3n) is 4.98. The van der Waals surface area contributed by atoms with Gasteiger partial charge in [-0.1, -0.05) is 17.7 Å². The van der Waals surface area contributed by atoms with Gasteiger partial charge in [0.2, 0.25) is 10.0 Å². The van der Waals surface area contributed by atoms with E-state index in [1.807, 2.05) is 33.6 Å². The summed E-state index contributed by atoms with van der Waals surface area (Å²) >= 11 is 6.37. The fraction of sp³-hybridized carbons (Fsp3) is 0.182. The number of nitrogens with zero attached hydrogens (tertiary/aromatic N) is 2. The van der Waals surface area contributed by atoms with Crippen molar-refractivity contribution in [2.45, 2.75) is 13.5 Å². The second-order valence-electron chi connectivity index (χ2n) is 7.02. The number of pyridine rings is 1. The number of sulfonamides is 1. The summed E-state index contributed by atoms with van der Waals surface area (Å²) in [5.74, 6) is -0.413. The van der Waals surface area contributed by atoms with Gasteiger partial charge in [0.1, 0.15) is 11.4 Å². The largest absolute Gasteiger partial charge is 0.495 e. The van der Waals surface area contributed by atoms with E-state index in [0.29, 0.717) is 23.0 Å². The molecule has 0 aliphatic carbocycles. The van der Waals surface area contributed by atoms with Gasteiger partial charge < -0.3 is 13.7 Å². The first-order valence-electron chi connectivity index (χ1n) is 9.71. The lowest BCUT2D eigenvalue weighted by Gasteiger charge is -2.12. The van der Waals surface area contributed by atoms with Crippen LogP contribution in [0.1, 0.15) is 23.1 Å². The number of carbonyl (C=O) groups is 1. The van der Waals surface area contributed by atoms with E-state index in [0.717, 1.165) is 22.2 Å². The first-order valence-corrected chi connectivity index (χ1v) is 11.7. The molecule has 166 valence electrons. The first-order chi connectivity index (χ1) is 15.3. The number of nitrogens with one attached hydrogen (secondary N) is 1. The van der Waals surface area contributed by atoms with Crippen LogP contribution in [0, 0.1) is 0 Å². The van der Waals surface area contributed by atoms with Gasteiger partial charge in [-0.25, -0.2) is 18.1 Å². The van der Waals surface area contributed by atoms with Crippen molar-refractivity contribution in [3.8, 4) is 17.0 Å². The number of amides is 1. The van der Waals surface area contributed by atoms with Crippen molar-refractivity contribution in [1.82, 2.24) is 14.3 Å². The Bertz CT molecular complexity index is 1390. The van der Waals surface area contributed by atoms with Crippen LogP contribution < -0.4 is 9.46 Å². The molecular formula is C22H20ClN3O5S. The van der Waals surface area contributed by atoms with Crippen LogP contribution in [0.15, 0.2) is 59.4 Å². The molecule has 0 radical (unpaired) electrons. The maximum absolute atomic E-state index is 12.4. The summed E-state index contributed by atoms with van der Waals surface area (Å²) in [4.78, 5) is 16.7. The molecule has 32 heavy (non-hydrogen) atoms. The highest BCUT2D eigenvalue weighted by Gasteiger charge is 2.18. The van der Waals surface area contributed by atoms with E-state index in [9.17, 15) is 13.2 Å². The molecule has 0 bridgehead atoms. The van der Waals surface area contributed by atoms with Crippen molar-refractivity contribution in [2.24, 2.45) is 0 Å². The van der Waals surface area contributed by atoms with E-state index in [4.69, 9.17) is 20.8 Å². The van der Waals surface area contributed by atoms with Gasteiger partial charge in [0, 0.05) is 10.9 Å². The van der Waals surface area contributed by atoms with Crippen LogP contribution in [0.2, 0.25) is 5.02 Å². The summed E-state index contributed by atoms with van der Waals surface area (Å²) in [7, 11) is -2.13. The highest BCUT2D eigenvalue weighted by atomic mass is 35.5. The highest BCUT2D eigenvalue weighted by molar-refractivity contribution is 7.90. The number of hydrogen-bond donors (Lipinski definition) is 1. The van der Waals surface area contributed by atoms with Gasteiger partial charge in [0.05, 0.1) is 53.9 Å². The lowest BCUT2D eigenvalue weighted by atomic mass is 10.2. The van der Waals surface area contributed by atoms with Crippen molar-refractivity contribution >= 4 is 38.4 Å². The second kappa shape index (κ2) is 8.68. The topological polar surface area (TPSA) is 103 Å². The summed E-state index contributed by atoms with van der Waals surface area (Å²) in [6.45, 7) is 1.77. The molecule has 3 aromatic heterocycles. The van der Waals surface area contributed by atoms with Gasteiger partial charge in [-0.15, -0.1) is 0 Å². The number of halogens is 1. The smallest absolute Gasteiger partial charge is 0.283 e. The standard InChI is InChI=1S/C22H20ClN3O5S/c1-3-32(28,29)25-22(27)18-6-4-5-16(24-18)12-26-19(14-7-8-31-13-14)9-15-10-21(30-2)17(23)11-20(15)26/h4-11,13H,3,12H2,1-2H3,(H,25,27). The Morgan fingerprint density at radius 1 is 1.25 bits per heavy atom. The predicted octanol–water partition coefficient (Wildman–Crippen LogP) is 4.09. The van der Waals surface area contributed by atoms with Crippen molar-refractivity contribution in [3.05, 3.63) is 71.4 Å².